The van der Waals surface area contributed by atoms with Gasteiger partial charge >= 0.3 is 0 Å². The molecule has 1 aliphatic heterocycles. The topological polar surface area (TPSA) is 41.6 Å². The van der Waals surface area contributed by atoms with E-state index < -0.39 is 0 Å². The van der Waals surface area contributed by atoms with Gasteiger partial charge in [-0.3, -0.25) is 4.79 Å². The van der Waals surface area contributed by atoms with Gasteiger partial charge in [-0.2, -0.15) is 0 Å². The molecule has 19 heavy (non-hydrogen) atoms. The van der Waals surface area contributed by atoms with Crippen molar-refractivity contribution in [1.82, 2.24) is 10.2 Å². The zero-order chi connectivity index (χ0) is 13.8. The highest BCUT2D eigenvalue weighted by atomic mass is 16.5. The number of carbonyl (C=O) groups excluding carboxylic acids is 1. The summed E-state index contributed by atoms with van der Waals surface area (Å²) in [5.74, 6) is 0.898. The van der Waals surface area contributed by atoms with Crippen LogP contribution < -0.4 is 10.1 Å². The summed E-state index contributed by atoms with van der Waals surface area (Å²) in [5, 5.41) is 3.32. The molecule has 0 aromatic heterocycles. The fourth-order valence-electron chi connectivity index (χ4n) is 2.41. The van der Waals surface area contributed by atoms with Crippen molar-refractivity contribution >= 4 is 5.91 Å². The van der Waals surface area contributed by atoms with Gasteiger partial charge in [0.25, 0.3) is 5.91 Å². The van der Waals surface area contributed by atoms with E-state index in [1.165, 1.54) is 0 Å². The Hall–Kier alpha value is -1.55. The molecule has 1 unspecified atom stereocenters. The predicted octanol–water partition coefficient (Wildman–Crippen LogP) is 1.50. The largest absolute Gasteiger partial charge is 0.483 e. The molecule has 1 aromatic carbocycles. The first-order valence-corrected chi connectivity index (χ1v) is 6.78. The van der Waals surface area contributed by atoms with Gasteiger partial charge in [0, 0.05) is 25.7 Å². The van der Waals surface area contributed by atoms with Gasteiger partial charge < -0.3 is 15.0 Å². The lowest BCUT2D eigenvalue weighted by Crippen LogP contribution is -2.52. The van der Waals surface area contributed by atoms with Gasteiger partial charge in [-0.1, -0.05) is 18.2 Å². The number of nitrogens with one attached hydrogen (secondary N) is 1. The molecule has 1 N–H and O–H groups in total. The van der Waals surface area contributed by atoms with E-state index in [1.807, 2.05) is 36.9 Å². The molecular formula is C15H22N2O2. The van der Waals surface area contributed by atoms with E-state index in [1.54, 1.807) is 0 Å². The molecule has 104 valence electrons. The molecule has 4 nitrogen and oxygen atoms in total. The highest BCUT2D eigenvalue weighted by Crippen LogP contribution is 2.22. The molecule has 1 aromatic rings. The molecule has 1 heterocycles. The molecule has 1 fully saturated rings. The second-order valence-electron chi connectivity index (χ2n) is 5.20. The Morgan fingerprint density at radius 3 is 2.74 bits per heavy atom. The predicted molar refractivity (Wildman–Crippen MR) is 75.5 cm³/mol. The quantitative estimate of drug-likeness (QED) is 0.897. The van der Waals surface area contributed by atoms with Crippen molar-refractivity contribution in [2.75, 3.05) is 26.2 Å². The average Bonchev–Trinajstić information content (AvgIpc) is 2.38. The summed E-state index contributed by atoms with van der Waals surface area (Å²) in [6.07, 6.45) is 0. The molecular weight excluding hydrogens is 240 g/mol. The Labute approximate surface area is 114 Å². The van der Waals surface area contributed by atoms with Gasteiger partial charge in [0.1, 0.15) is 5.75 Å². The molecule has 0 aliphatic carbocycles. The maximum Gasteiger partial charge on any atom is 0.260 e. The minimum atomic E-state index is 0.0657. The zero-order valence-corrected chi connectivity index (χ0v) is 11.9. The molecule has 2 rings (SSSR count). The third-order valence-electron chi connectivity index (χ3n) is 3.47. The smallest absolute Gasteiger partial charge is 0.260 e. The minimum Gasteiger partial charge on any atom is -0.483 e. The monoisotopic (exact) mass is 262 g/mol. The number of aryl methyl sites for hydroxylation is 2. The second-order valence-corrected chi connectivity index (χ2v) is 5.20. The lowest BCUT2D eigenvalue weighted by molar-refractivity contribution is -0.134. The van der Waals surface area contributed by atoms with Crippen LogP contribution in [0.4, 0.5) is 0 Å². The fraction of sp³-hybridized carbons (Fsp3) is 0.533. The van der Waals surface area contributed by atoms with E-state index in [-0.39, 0.29) is 12.5 Å². The van der Waals surface area contributed by atoms with Gasteiger partial charge in [-0.05, 0) is 31.9 Å². The molecule has 0 radical (unpaired) electrons. The van der Waals surface area contributed by atoms with Crippen LogP contribution in [0.3, 0.4) is 0 Å². The maximum absolute atomic E-state index is 12.1. The number of ether oxygens (including phenoxy) is 1. The standard InChI is InChI=1S/C15H22N2O2/c1-11-5-4-6-12(2)15(11)19-10-14(18)17-8-7-16-13(3)9-17/h4-6,13,16H,7-10H2,1-3H3. The lowest BCUT2D eigenvalue weighted by atomic mass is 10.1. The summed E-state index contributed by atoms with van der Waals surface area (Å²) in [6.45, 7) is 8.59. The third-order valence-corrected chi connectivity index (χ3v) is 3.47. The highest BCUT2D eigenvalue weighted by Gasteiger charge is 2.20. The van der Waals surface area contributed by atoms with Gasteiger partial charge in [-0.25, -0.2) is 0 Å². The van der Waals surface area contributed by atoms with Gasteiger partial charge in [0.15, 0.2) is 6.61 Å². The average molecular weight is 262 g/mol. The van der Waals surface area contributed by atoms with Crippen molar-refractivity contribution in [1.29, 1.82) is 0 Å². The van der Waals surface area contributed by atoms with Crippen LogP contribution in [0.25, 0.3) is 0 Å². The van der Waals surface area contributed by atoms with Crippen molar-refractivity contribution in [2.45, 2.75) is 26.8 Å². The summed E-state index contributed by atoms with van der Waals surface area (Å²) in [4.78, 5) is 14.0. The molecule has 1 amide bonds. The SMILES string of the molecule is Cc1cccc(C)c1OCC(=O)N1CCNC(C)C1. The van der Waals surface area contributed by atoms with E-state index in [9.17, 15) is 4.79 Å². The van der Waals surface area contributed by atoms with Crippen molar-refractivity contribution < 1.29 is 9.53 Å². The Kier molecular flexibility index (Phi) is 4.43. The first kappa shape index (κ1) is 13.9. The summed E-state index contributed by atoms with van der Waals surface area (Å²) in [5.41, 5.74) is 2.14. The number of rotatable bonds is 3. The number of benzene rings is 1. The highest BCUT2D eigenvalue weighted by molar-refractivity contribution is 5.78. The van der Waals surface area contributed by atoms with E-state index in [2.05, 4.69) is 12.2 Å². The molecule has 0 spiro atoms. The molecule has 0 bridgehead atoms. The van der Waals surface area contributed by atoms with Crippen LogP contribution in [0.15, 0.2) is 18.2 Å². The lowest BCUT2D eigenvalue weighted by Gasteiger charge is -2.31. The van der Waals surface area contributed by atoms with Crippen LogP contribution in [0.2, 0.25) is 0 Å². The van der Waals surface area contributed by atoms with Crippen LogP contribution >= 0.6 is 0 Å². The van der Waals surface area contributed by atoms with Gasteiger partial charge in [0.2, 0.25) is 0 Å². The van der Waals surface area contributed by atoms with Crippen molar-refractivity contribution in [3.63, 3.8) is 0 Å². The van der Waals surface area contributed by atoms with Crippen LogP contribution in [-0.2, 0) is 4.79 Å². The number of carbonyl (C=O) groups is 1. The molecule has 1 atom stereocenters. The second kappa shape index (κ2) is 6.06. The van der Waals surface area contributed by atoms with Crippen molar-refractivity contribution in [2.24, 2.45) is 0 Å². The molecule has 0 saturated carbocycles. The molecule has 1 saturated heterocycles. The van der Waals surface area contributed by atoms with Crippen LogP contribution in [0, 0.1) is 13.8 Å². The van der Waals surface area contributed by atoms with Gasteiger partial charge in [0.05, 0.1) is 0 Å². The number of para-hydroxylation sites is 1. The maximum atomic E-state index is 12.1. The normalized spacial score (nSPS) is 19.3. The van der Waals surface area contributed by atoms with Crippen LogP contribution in [-0.4, -0.2) is 43.1 Å². The first-order chi connectivity index (χ1) is 9.08. The molecule has 4 heteroatoms. The fourth-order valence-corrected chi connectivity index (χ4v) is 2.41. The number of hydrogen-bond donors (Lipinski definition) is 1. The van der Waals surface area contributed by atoms with Crippen molar-refractivity contribution in [3.8, 4) is 5.75 Å². The molecule has 1 aliphatic rings. The van der Waals surface area contributed by atoms with Crippen molar-refractivity contribution in [3.05, 3.63) is 29.3 Å². The Bertz CT molecular complexity index is 439. The summed E-state index contributed by atoms with van der Waals surface area (Å²) in [7, 11) is 0. The number of amides is 1. The van der Waals surface area contributed by atoms with E-state index in [4.69, 9.17) is 4.74 Å². The summed E-state index contributed by atoms with van der Waals surface area (Å²) >= 11 is 0. The third kappa shape index (κ3) is 3.47. The van der Waals surface area contributed by atoms with E-state index >= 15 is 0 Å². The van der Waals surface area contributed by atoms with Crippen LogP contribution in [0.5, 0.6) is 5.75 Å². The number of nitrogens with zero attached hydrogens (tertiary/aromatic N) is 1. The first-order valence-electron chi connectivity index (χ1n) is 6.78. The van der Waals surface area contributed by atoms with E-state index in [0.29, 0.717) is 6.04 Å². The van der Waals surface area contributed by atoms with Crippen LogP contribution in [0.1, 0.15) is 18.1 Å². The number of piperazine rings is 1. The number of hydrogen-bond acceptors (Lipinski definition) is 3. The van der Waals surface area contributed by atoms with Gasteiger partial charge in [-0.15, -0.1) is 0 Å². The zero-order valence-electron chi connectivity index (χ0n) is 11.9. The summed E-state index contributed by atoms with van der Waals surface area (Å²) < 4.78 is 5.71. The van der Waals surface area contributed by atoms with E-state index in [0.717, 1.165) is 36.5 Å². The Balaban J connectivity index is 1.93. The minimum absolute atomic E-state index is 0.0657. The Morgan fingerprint density at radius 2 is 2.11 bits per heavy atom. The Morgan fingerprint density at radius 1 is 1.42 bits per heavy atom. The summed E-state index contributed by atoms with van der Waals surface area (Å²) in [6, 6.07) is 6.36.